The van der Waals surface area contributed by atoms with Gasteiger partial charge in [0.2, 0.25) is 0 Å². The average Bonchev–Trinajstić information content (AvgIpc) is 3.21. The highest BCUT2D eigenvalue weighted by molar-refractivity contribution is 5.96. The van der Waals surface area contributed by atoms with E-state index in [4.69, 9.17) is 4.74 Å². The first-order chi connectivity index (χ1) is 26.3. The highest BCUT2D eigenvalue weighted by Gasteiger charge is 2.31. The van der Waals surface area contributed by atoms with Crippen molar-refractivity contribution < 1.29 is 22.3 Å². The molecule has 54 heavy (non-hydrogen) atoms. The van der Waals surface area contributed by atoms with E-state index in [1.165, 1.54) is 24.3 Å². The number of alkyl halides is 3. The van der Waals surface area contributed by atoms with Crippen molar-refractivity contribution in [2.75, 3.05) is 0 Å². The number of fused-ring (bicyclic) bond motifs is 1. The summed E-state index contributed by atoms with van der Waals surface area (Å²) in [5, 5.41) is 2.08. The van der Waals surface area contributed by atoms with Gasteiger partial charge in [-0.2, -0.15) is 13.2 Å². The van der Waals surface area contributed by atoms with Crippen molar-refractivity contribution in [1.29, 1.82) is 0 Å². The third kappa shape index (κ3) is 7.26. The minimum Gasteiger partial charge on any atom is -0.456 e. The Bertz CT molecular complexity index is 2470. The molecular weight excluding hydrogens is 681 g/mol. The lowest BCUT2D eigenvalue weighted by atomic mass is 9.79. The van der Waals surface area contributed by atoms with Gasteiger partial charge < -0.3 is 4.74 Å². The van der Waals surface area contributed by atoms with Crippen molar-refractivity contribution in [3.05, 3.63) is 216 Å². The van der Waals surface area contributed by atoms with Crippen LogP contribution in [0.15, 0.2) is 182 Å². The molecule has 263 valence electrons. The molecule has 0 aliphatic heterocycles. The molecule has 0 aliphatic rings. The van der Waals surface area contributed by atoms with Gasteiger partial charge in [0.1, 0.15) is 17.3 Å². The first kappa shape index (κ1) is 34.6. The number of halogens is 4. The molecular formula is C49H33F4O. The predicted octanol–water partition coefficient (Wildman–Crippen LogP) is 14.0. The summed E-state index contributed by atoms with van der Waals surface area (Å²) in [5.41, 5.74) is 6.36. The quantitative estimate of drug-likeness (QED) is 0.135. The van der Waals surface area contributed by atoms with Crippen LogP contribution in [-0.4, -0.2) is 0 Å². The summed E-state index contributed by atoms with van der Waals surface area (Å²) < 4.78 is 63.0. The number of ether oxygens (including phenoxy) is 1. The normalized spacial score (nSPS) is 11.6. The molecule has 0 heterocycles. The Morgan fingerprint density at radius 3 is 1.67 bits per heavy atom. The van der Waals surface area contributed by atoms with Crippen LogP contribution in [0.3, 0.4) is 0 Å². The lowest BCUT2D eigenvalue weighted by Gasteiger charge is -2.27. The van der Waals surface area contributed by atoms with Crippen molar-refractivity contribution in [1.82, 2.24) is 0 Å². The van der Waals surface area contributed by atoms with Crippen LogP contribution in [0.1, 0.15) is 28.2 Å². The van der Waals surface area contributed by atoms with E-state index in [-0.39, 0.29) is 11.7 Å². The zero-order chi connectivity index (χ0) is 37.1. The summed E-state index contributed by atoms with van der Waals surface area (Å²) in [5.74, 6) is 0.489. The Kier molecular flexibility index (Phi) is 9.54. The summed E-state index contributed by atoms with van der Waals surface area (Å²) >= 11 is 0. The molecule has 0 fully saturated rings. The minimum absolute atomic E-state index is 0.156. The van der Waals surface area contributed by atoms with E-state index in [2.05, 4.69) is 42.5 Å². The van der Waals surface area contributed by atoms with Gasteiger partial charge in [0.05, 0.1) is 5.56 Å². The number of hydrogen-bond acceptors (Lipinski definition) is 1. The van der Waals surface area contributed by atoms with Crippen LogP contribution in [0, 0.1) is 11.9 Å². The summed E-state index contributed by atoms with van der Waals surface area (Å²) in [6.45, 7) is 0. The fourth-order valence-electron chi connectivity index (χ4n) is 7.10. The Hall–Kier alpha value is -6.46. The molecule has 5 heteroatoms. The summed E-state index contributed by atoms with van der Waals surface area (Å²) in [4.78, 5) is 0. The van der Waals surface area contributed by atoms with E-state index >= 15 is 0 Å². The highest BCUT2D eigenvalue weighted by Crippen LogP contribution is 2.49. The summed E-state index contributed by atoms with van der Waals surface area (Å²) in [6, 6.07) is 59.2. The van der Waals surface area contributed by atoms with Gasteiger partial charge in [-0.1, -0.05) is 140 Å². The summed E-state index contributed by atoms with van der Waals surface area (Å²) in [7, 11) is 0. The Morgan fingerprint density at radius 2 is 1.06 bits per heavy atom. The van der Waals surface area contributed by atoms with Crippen LogP contribution in [0.4, 0.5) is 17.6 Å². The van der Waals surface area contributed by atoms with Gasteiger partial charge in [0.15, 0.2) is 0 Å². The van der Waals surface area contributed by atoms with Crippen LogP contribution < -0.4 is 4.74 Å². The predicted molar refractivity (Wildman–Crippen MR) is 209 cm³/mol. The van der Waals surface area contributed by atoms with Crippen molar-refractivity contribution in [2.24, 2.45) is 0 Å². The second-order valence-electron chi connectivity index (χ2n) is 13.2. The number of para-hydroxylation sites is 1. The second kappa shape index (κ2) is 14.9. The lowest BCUT2D eigenvalue weighted by molar-refractivity contribution is -0.137. The number of rotatable bonds is 9. The molecule has 0 aliphatic carbocycles. The molecule has 0 atom stereocenters. The van der Waals surface area contributed by atoms with Crippen molar-refractivity contribution >= 4 is 10.8 Å². The molecule has 0 aromatic heterocycles. The van der Waals surface area contributed by atoms with Crippen LogP contribution in [0.5, 0.6) is 11.5 Å². The molecule has 0 amide bonds. The molecule has 8 rings (SSSR count). The number of benzene rings is 8. The van der Waals surface area contributed by atoms with Crippen molar-refractivity contribution in [3.63, 3.8) is 0 Å². The first-order valence-electron chi connectivity index (χ1n) is 17.7. The standard InChI is InChI=1S/C49H33F4O/c50-41-28-24-37(25-29-41)47-44(39-21-20-33-12-10-11-17-38(33)30-39)32-45(36-22-26-40(27-23-36)49(51,52)53)48(54-42-18-8-3-9-19-42)46(47)31-43(34-13-4-1-5-14-34)35-15-6-2-7-16-35/h1-30,43H,31H2. The Morgan fingerprint density at radius 1 is 0.519 bits per heavy atom. The topological polar surface area (TPSA) is 9.23 Å². The zero-order valence-electron chi connectivity index (χ0n) is 29.0. The molecule has 0 saturated heterocycles. The highest BCUT2D eigenvalue weighted by atomic mass is 19.4. The Balaban J connectivity index is 1.49. The van der Waals surface area contributed by atoms with E-state index in [1.54, 1.807) is 12.1 Å². The minimum atomic E-state index is -4.50. The van der Waals surface area contributed by atoms with E-state index in [0.717, 1.165) is 61.8 Å². The maximum absolute atomic E-state index is 14.6. The smallest absolute Gasteiger partial charge is 0.416 e. The second-order valence-corrected chi connectivity index (χ2v) is 13.2. The van der Waals surface area contributed by atoms with Gasteiger partial charge in [0.25, 0.3) is 0 Å². The molecule has 0 bridgehead atoms. The Labute approximate surface area is 311 Å². The van der Waals surface area contributed by atoms with Crippen molar-refractivity contribution in [2.45, 2.75) is 18.5 Å². The zero-order valence-corrected chi connectivity index (χ0v) is 29.0. The SMILES string of the molecule is Fc1ccc(-c2c(-c3ccc4ccccc4c3)[c]c(-c3ccc(C(F)(F)F)cc3)c(Oc3ccccc3)c2CC(c2ccccc2)c2ccccc2)cc1. The van der Waals surface area contributed by atoms with Gasteiger partial charge in [-0.25, -0.2) is 4.39 Å². The fourth-order valence-corrected chi connectivity index (χ4v) is 7.10. The monoisotopic (exact) mass is 713 g/mol. The fraction of sp³-hybridized carbons (Fsp3) is 0.0612. The van der Waals surface area contributed by atoms with Crippen LogP contribution >= 0.6 is 0 Å². The van der Waals surface area contributed by atoms with Gasteiger partial charge in [-0.05, 0) is 98.6 Å². The molecule has 1 radical (unpaired) electrons. The van der Waals surface area contributed by atoms with Crippen LogP contribution in [-0.2, 0) is 12.6 Å². The average molecular weight is 714 g/mol. The molecule has 0 unspecified atom stereocenters. The molecule has 0 saturated carbocycles. The summed E-state index contributed by atoms with van der Waals surface area (Å²) in [6.07, 6.45) is -4.07. The number of hydrogen-bond donors (Lipinski definition) is 0. The van der Waals surface area contributed by atoms with Crippen LogP contribution in [0.2, 0.25) is 0 Å². The largest absolute Gasteiger partial charge is 0.456 e. The molecule has 8 aromatic carbocycles. The molecule has 0 spiro atoms. The van der Waals surface area contributed by atoms with Crippen molar-refractivity contribution in [3.8, 4) is 44.9 Å². The third-order valence-electron chi connectivity index (χ3n) is 9.75. The van der Waals surface area contributed by atoms with E-state index in [0.29, 0.717) is 29.0 Å². The molecule has 8 aromatic rings. The van der Waals surface area contributed by atoms with E-state index in [9.17, 15) is 17.6 Å². The van der Waals surface area contributed by atoms with E-state index in [1.807, 2.05) is 97.1 Å². The maximum Gasteiger partial charge on any atom is 0.416 e. The third-order valence-corrected chi connectivity index (χ3v) is 9.75. The lowest BCUT2D eigenvalue weighted by Crippen LogP contribution is -2.09. The van der Waals surface area contributed by atoms with Gasteiger partial charge in [0, 0.05) is 23.1 Å². The van der Waals surface area contributed by atoms with E-state index < -0.39 is 11.7 Å². The maximum atomic E-state index is 14.6. The van der Waals surface area contributed by atoms with Gasteiger partial charge in [-0.3, -0.25) is 0 Å². The van der Waals surface area contributed by atoms with Gasteiger partial charge >= 0.3 is 6.18 Å². The van der Waals surface area contributed by atoms with Crippen LogP contribution in [0.25, 0.3) is 44.2 Å². The molecule has 0 N–H and O–H groups in total. The van der Waals surface area contributed by atoms with Gasteiger partial charge in [-0.15, -0.1) is 0 Å². The molecule has 1 nitrogen and oxygen atoms in total. The first-order valence-corrected chi connectivity index (χ1v) is 17.7.